The summed E-state index contributed by atoms with van der Waals surface area (Å²) in [6.45, 7) is 9.40. The molecular formula is C17H30N2O5. The van der Waals surface area contributed by atoms with Gasteiger partial charge in [0.1, 0.15) is 17.9 Å². The Morgan fingerprint density at radius 2 is 1.79 bits per heavy atom. The van der Waals surface area contributed by atoms with Gasteiger partial charge in [0.05, 0.1) is 6.10 Å². The fraction of sp³-hybridized carbons (Fsp3) is 0.882. The molecule has 0 spiro atoms. The van der Waals surface area contributed by atoms with Gasteiger partial charge in [0.15, 0.2) is 0 Å². The van der Waals surface area contributed by atoms with Gasteiger partial charge in [0.2, 0.25) is 0 Å². The molecule has 0 aromatic carbocycles. The van der Waals surface area contributed by atoms with Gasteiger partial charge in [-0.2, -0.15) is 0 Å². The van der Waals surface area contributed by atoms with Crippen molar-refractivity contribution in [3.05, 3.63) is 0 Å². The van der Waals surface area contributed by atoms with Crippen LogP contribution in [0.1, 0.15) is 53.4 Å². The summed E-state index contributed by atoms with van der Waals surface area (Å²) in [6.07, 6.45) is 2.31. The van der Waals surface area contributed by atoms with Gasteiger partial charge in [-0.3, -0.25) is 9.80 Å². The smallest absolute Gasteiger partial charge is 0.408 e. The summed E-state index contributed by atoms with van der Waals surface area (Å²) >= 11 is 0. The molecule has 1 N–H and O–H groups in total. The maximum atomic E-state index is 12.0. The first-order valence-corrected chi connectivity index (χ1v) is 8.73. The molecule has 0 saturated carbocycles. The van der Waals surface area contributed by atoms with Crippen LogP contribution in [0, 0.1) is 0 Å². The van der Waals surface area contributed by atoms with Crippen molar-refractivity contribution in [3.63, 3.8) is 0 Å². The predicted molar refractivity (Wildman–Crippen MR) is 88.8 cm³/mol. The third-order valence-electron chi connectivity index (χ3n) is 4.80. The van der Waals surface area contributed by atoms with Crippen molar-refractivity contribution in [2.45, 2.75) is 70.7 Å². The van der Waals surface area contributed by atoms with Crippen molar-refractivity contribution in [1.82, 2.24) is 9.80 Å². The summed E-state index contributed by atoms with van der Waals surface area (Å²) in [5.41, 5.74) is -1.29. The summed E-state index contributed by atoms with van der Waals surface area (Å²) in [7, 11) is 0. The van der Waals surface area contributed by atoms with Gasteiger partial charge in [-0.15, -0.1) is 0 Å². The predicted octanol–water partition coefficient (Wildman–Crippen LogP) is 2.30. The molecule has 2 unspecified atom stereocenters. The Labute approximate surface area is 143 Å². The molecule has 1 amide bonds. The van der Waals surface area contributed by atoms with E-state index in [0.29, 0.717) is 6.54 Å². The lowest BCUT2D eigenvalue weighted by Crippen LogP contribution is -2.68. The lowest BCUT2D eigenvalue weighted by Gasteiger charge is -2.52. The van der Waals surface area contributed by atoms with Gasteiger partial charge >= 0.3 is 12.1 Å². The molecule has 24 heavy (non-hydrogen) atoms. The number of piperidine rings is 1. The Kier molecular flexibility index (Phi) is 5.75. The number of hydrogen-bond donors (Lipinski definition) is 1. The van der Waals surface area contributed by atoms with E-state index in [1.165, 1.54) is 4.90 Å². The molecule has 2 saturated heterocycles. The van der Waals surface area contributed by atoms with Crippen LogP contribution >= 0.6 is 0 Å². The third kappa shape index (κ3) is 4.19. The summed E-state index contributed by atoms with van der Waals surface area (Å²) in [5.74, 6) is -0.418. The normalized spacial score (nSPS) is 28.8. The number of ether oxygens (including phenoxy) is 2. The van der Waals surface area contributed by atoms with E-state index in [1.54, 1.807) is 0 Å². The number of hydrogen-bond acceptors (Lipinski definition) is 5. The number of carboxylic acid groups (broad SMARTS) is 1. The van der Waals surface area contributed by atoms with Crippen LogP contribution in [0.4, 0.5) is 4.79 Å². The lowest BCUT2D eigenvalue weighted by molar-refractivity contribution is -0.178. The zero-order valence-electron chi connectivity index (χ0n) is 15.2. The Morgan fingerprint density at radius 3 is 2.33 bits per heavy atom. The molecule has 2 atom stereocenters. The first-order valence-electron chi connectivity index (χ1n) is 8.73. The van der Waals surface area contributed by atoms with Gasteiger partial charge in [-0.25, -0.2) is 9.59 Å². The quantitative estimate of drug-likeness (QED) is 0.790. The van der Waals surface area contributed by atoms with Crippen LogP contribution in [-0.4, -0.2) is 70.6 Å². The van der Waals surface area contributed by atoms with E-state index >= 15 is 0 Å². The number of esters is 1. The van der Waals surface area contributed by atoms with Crippen LogP contribution in [0.15, 0.2) is 0 Å². The number of amides is 1. The molecule has 0 aromatic heterocycles. The molecule has 0 bridgehead atoms. The molecule has 2 rings (SSSR count). The minimum atomic E-state index is -0.935. The fourth-order valence-electron chi connectivity index (χ4n) is 3.72. The van der Waals surface area contributed by atoms with Crippen LogP contribution in [-0.2, 0) is 14.3 Å². The molecule has 0 aromatic rings. The number of likely N-dealkylation sites (tertiary alicyclic amines) is 2. The topological polar surface area (TPSA) is 79.3 Å². The van der Waals surface area contributed by atoms with E-state index in [1.807, 2.05) is 27.7 Å². The van der Waals surface area contributed by atoms with Crippen LogP contribution in [0.5, 0.6) is 0 Å². The van der Waals surface area contributed by atoms with E-state index in [9.17, 15) is 14.7 Å². The highest BCUT2D eigenvalue weighted by Gasteiger charge is 2.50. The van der Waals surface area contributed by atoms with E-state index < -0.39 is 23.3 Å². The van der Waals surface area contributed by atoms with E-state index in [2.05, 4.69) is 4.90 Å². The van der Waals surface area contributed by atoms with E-state index in [-0.39, 0.29) is 12.7 Å². The Bertz CT molecular complexity index is 470. The number of nitrogens with zero attached hydrogens (tertiary/aromatic N) is 2. The number of rotatable bonds is 4. The lowest BCUT2D eigenvalue weighted by atomic mass is 9.92. The molecular weight excluding hydrogens is 312 g/mol. The number of carbonyl (C=O) groups excluding carboxylic acids is 1. The van der Waals surface area contributed by atoms with Gasteiger partial charge in [-0.05, 0) is 53.4 Å². The van der Waals surface area contributed by atoms with Crippen molar-refractivity contribution >= 4 is 12.1 Å². The summed E-state index contributed by atoms with van der Waals surface area (Å²) in [4.78, 5) is 27.4. The molecule has 2 fully saturated rings. The van der Waals surface area contributed by atoms with Crippen molar-refractivity contribution in [2.24, 2.45) is 0 Å². The second-order valence-electron chi connectivity index (χ2n) is 7.75. The Morgan fingerprint density at radius 1 is 1.17 bits per heavy atom. The van der Waals surface area contributed by atoms with E-state index in [0.717, 1.165) is 38.8 Å². The first-order chi connectivity index (χ1) is 11.1. The molecule has 2 aliphatic rings. The molecule has 0 radical (unpaired) electrons. The fourth-order valence-corrected chi connectivity index (χ4v) is 3.72. The van der Waals surface area contributed by atoms with Crippen LogP contribution in [0.25, 0.3) is 0 Å². The molecule has 2 aliphatic heterocycles. The standard InChI is InChI=1S/C17H30N2O5/c1-16(2,3)24-14(20)12-23-13-8-7-11-19(15(21)22)17(13,4)18-9-5-6-10-18/h13H,5-12H2,1-4H3,(H,21,22). The summed E-state index contributed by atoms with van der Waals surface area (Å²) < 4.78 is 11.2. The van der Waals surface area contributed by atoms with Crippen LogP contribution in [0.2, 0.25) is 0 Å². The van der Waals surface area contributed by atoms with Gasteiger partial charge in [0, 0.05) is 19.6 Å². The maximum Gasteiger partial charge on any atom is 0.408 e. The number of carbonyl (C=O) groups is 2. The van der Waals surface area contributed by atoms with Crippen molar-refractivity contribution < 1.29 is 24.2 Å². The van der Waals surface area contributed by atoms with Gasteiger partial charge in [-0.1, -0.05) is 0 Å². The molecule has 7 heteroatoms. The minimum Gasteiger partial charge on any atom is -0.465 e. The van der Waals surface area contributed by atoms with Crippen LogP contribution in [0.3, 0.4) is 0 Å². The highest BCUT2D eigenvalue weighted by atomic mass is 16.6. The molecule has 2 heterocycles. The minimum absolute atomic E-state index is 0.154. The average Bonchev–Trinajstić information content (AvgIpc) is 2.98. The largest absolute Gasteiger partial charge is 0.465 e. The molecule has 138 valence electrons. The van der Waals surface area contributed by atoms with Crippen molar-refractivity contribution in [1.29, 1.82) is 0 Å². The molecule has 7 nitrogen and oxygen atoms in total. The van der Waals surface area contributed by atoms with Crippen molar-refractivity contribution in [2.75, 3.05) is 26.2 Å². The zero-order valence-corrected chi connectivity index (χ0v) is 15.2. The Hall–Kier alpha value is -1.34. The summed E-state index contributed by atoms with van der Waals surface area (Å²) in [6, 6.07) is 0. The second-order valence-corrected chi connectivity index (χ2v) is 7.75. The second kappa shape index (κ2) is 7.27. The first kappa shape index (κ1) is 19.0. The Balaban J connectivity index is 2.10. The highest BCUT2D eigenvalue weighted by molar-refractivity contribution is 5.71. The third-order valence-corrected chi connectivity index (χ3v) is 4.80. The summed E-state index contributed by atoms with van der Waals surface area (Å²) in [5, 5.41) is 9.63. The highest BCUT2D eigenvalue weighted by Crippen LogP contribution is 2.36. The van der Waals surface area contributed by atoms with Gasteiger partial charge < -0.3 is 14.6 Å². The average molecular weight is 342 g/mol. The maximum absolute atomic E-state index is 12.0. The van der Waals surface area contributed by atoms with Gasteiger partial charge in [0.25, 0.3) is 0 Å². The monoisotopic (exact) mass is 342 g/mol. The zero-order chi connectivity index (χ0) is 18.0. The SMILES string of the molecule is CC(C)(C)OC(=O)COC1CCCN(C(=O)O)C1(C)N1CCCC1. The van der Waals surface area contributed by atoms with E-state index in [4.69, 9.17) is 9.47 Å². The molecule has 0 aliphatic carbocycles. The van der Waals surface area contributed by atoms with Crippen LogP contribution < -0.4 is 0 Å². The van der Waals surface area contributed by atoms with Crippen molar-refractivity contribution in [3.8, 4) is 0 Å².